The quantitative estimate of drug-likeness (QED) is 0.735. The number of halogens is 1. The van der Waals surface area contributed by atoms with Gasteiger partial charge in [0.1, 0.15) is 17.5 Å². The second-order valence-electron chi connectivity index (χ2n) is 5.81. The standard InChI is InChI=1S/C19H18BrNO3/c1-13(14-8-4-2-5-9-14)17(20)18(22)21-16(12-24-19(21)23)15-10-6-3-7-11-15/h2-11,13,16-17H,12H2,1H3/t13-,16-,17+/m1/s1. The minimum absolute atomic E-state index is 0.0662. The van der Waals surface area contributed by atoms with Gasteiger partial charge in [-0.2, -0.15) is 0 Å². The van der Waals surface area contributed by atoms with E-state index in [1.165, 1.54) is 4.90 Å². The van der Waals surface area contributed by atoms with Crippen LogP contribution >= 0.6 is 15.9 Å². The number of alkyl halides is 1. The summed E-state index contributed by atoms with van der Waals surface area (Å²) in [6.45, 7) is 2.15. The summed E-state index contributed by atoms with van der Waals surface area (Å²) >= 11 is 3.48. The number of hydrogen-bond donors (Lipinski definition) is 0. The van der Waals surface area contributed by atoms with E-state index in [0.29, 0.717) is 0 Å². The minimum atomic E-state index is -0.585. The second-order valence-corrected chi connectivity index (χ2v) is 6.80. The average Bonchev–Trinajstić information content (AvgIpc) is 3.03. The second kappa shape index (κ2) is 7.18. The molecule has 0 spiro atoms. The zero-order chi connectivity index (χ0) is 17.1. The lowest BCUT2D eigenvalue weighted by Crippen LogP contribution is -2.40. The Morgan fingerprint density at radius 1 is 1.12 bits per heavy atom. The number of benzene rings is 2. The number of carbonyl (C=O) groups excluding carboxylic acids is 2. The first-order chi connectivity index (χ1) is 11.6. The molecule has 0 saturated carbocycles. The Hall–Kier alpha value is -2.14. The molecule has 0 aromatic heterocycles. The van der Waals surface area contributed by atoms with Crippen LogP contribution in [0.4, 0.5) is 4.79 Å². The molecule has 2 aromatic carbocycles. The first-order valence-corrected chi connectivity index (χ1v) is 8.75. The summed E-state index contributed by atoms with van der Waals surface area (Å²) in [5, 5.41) is 0. The van der Waals surface area contributed by atoms with Crippen LogP contribution in [0.15, 0.2) is 60.7 Å². The van der Waals surface area contributed by atoms with Gasteiger partial charge in [-0.15, -0.1) is 0 Å². The van der Waals surface area contributed by atoms with Gasteiger partial charge in [0.15, 0.2) is 0 Å². The number of cyclic esters (lactones) is 1. The Morgan fingerprint density at radius 3 is 2.33 bits per heavy atom. The van der Waals surface area contributed by atoms with Gasteiger partial charge in [-0.05, 0) is 11.1 Å². The van der Waals surface area contributed by atoms with Crippen LogP contribution < -0.4 is 0 Å². The SMILES string of the molecule is C[C@H](c1ccccc1)[C@H](Br)C(=O)N1C(=O)OC[C@@H]1c1ccccc1. The van der Waals surface area contributed by atoms with Crippen LogP contribution in [0.25, 0.3) is 0 Å². The molecule has 4 nitrogen and oxygen atoms in total. The molecule has 1 fully saturated rings. The summed E-state index contributed by atoms with van der Waals surface area (Å²) in [5.41, 5.74) is 1.93. The van der Waals surface area contributed by atoms with Crippen molar-refractivity contribution in [1.29, 1.82) is 0 Å². The molecule has 24 heavy (non-hydrogen) atoms. The van der Waals surface area contributed by atoms with E-state index in [9.17, 15) is 9.59 Å². The van der Waals surface area contributed by atoms with Gasteiger partial charge < -0.3 is 4.74 Å². The smallest absolute Gasteiger partial charge is 0.417 e. The molecule has 0 aliphatic carbocycles. The van der Waals surface area contributed by atoms with Gasteiger partial charge in [0.25, 0.3) is 0 Å². The van der Waals surface area contributed by atoms with Crippen molar-refractivity contribution in [3.8, 4) is 0 Å². The van der Waals surface area contributed by atoms with Crippen molar-refractivity contribution in [2.24, 2.45) is 0 Å². The number of rotatable bonds is 4. The lowest BCUT2D eigenvalue weighted by molar-refractivity contribution is -0.128. The van der Waals surface area contributed by atoms with E-state index in [0.717, 1.165) is 11.1 Å². The molecule has 2 aromatic rings. The number of carbonyl (C=O) groups is 2. The maximum Gasteiger partial charge on any atom is 0.417 e. The predicted molar refractivity (Wildman–Crippen MR) is 94.9 cm³/mol. The Kier molecular flexibility index (Phi) is 5.00. The van der Waals surface area contributed by atoms with E-state index < -0.39 is 10.9 Å². The molecule has 1 aliphatic heterocycles. The van der Waals surface area contributed by atoms with E-state index in [2.05, 4.69) is 15.9 Å². The van der Waals surface area contributed by atoms with Gasteiger partial charge in [-0.1, -0.05) is 83.5 Å². The van der Waals surface area contributed by atoms with E-state index in [4.69, 9.17) is 4.74 Å². The fourth-order valence-electron chi connectivity index (χ4n) is 2.86. The van der Waals surface area contributed by atoms with Crippen LogP contribution in [0, 0.1) is 0 Å². The molecule has 3 atom stereocenters. The number of nitrogens with zero attached hydrogens (tertiary/aromatic N) is 1. The predicted octanol–water partition coefficient (Wildman–Crippen LogP) is 4.27. The van der Waals surface area contributed by atoms with Crippen LogP contribution in [0.2, 0.25) is 0 Å². The highest BCUT2D eigenvalue weighted by Crippen LogP contribution is 2.33. The van der Waals surface area contributed by atoms with Gasteiger partial charge in [-0.25, -0.2) is 9.69 Å². The van der Waals surface area contributed by atoms with Crippen molar-refractivity contribution in [3.05, 3.63) is 71.8 Å². The number of hydrogen-bond acceptors (Lipinski definition) is 3. The van der Waals surface area contributed by atoms with Gasteiger partial charge in [0, 0.05) is 5.92 Å². The normalized spacial score (nSPS) is 19.7. The first kappa shape index (κ1) is 16.7. The summed E-state index contributed by atoms with van der Waals surface area (Å²) in [5.74, 6) is -0.341. The Morgan fingerprint density at radius 2 is 1.71 bits per heavy atom. The molecule has 0 radical (unpaired) electrons. The van der Waals surface area contributed by atoms with Crippen molar-refractivity contribution >= 4 is 27.9 Å². The highest BCUT2D eigenvalue weighted by Gasteiger charge is 2.42. The largest absolute Gasteiger partial charge is 0.446 e. The third-order valence-corrected chi connectivity index (χ3v) is 5.48. The zero-order valence-corrected chi connectivity index (χ0v) is 14.8. The Labute approximate surface area is 149 Å². The van der Waals surface area contributed by atoms with E-state index in [-0.39, 0.29) is 24.5 Å². The van der Waals surface area contributed by atoms with Gasteiger partial charge in [0.2, 0.25) is 5.91 Å². The molecule has 0 N–H and O–H groups in total. The van der Waals surface area contributed by atoms with Crippen LogP contribution in [-0.2, 0) is 9.53 Å². The van der Waals surface area contributed by atoms with Gasteiger partial charge in [-0.3, -0.25) is 4.79 Å². The fourth-order valence-corrected chi connectivity index (χ4v) is 3.38. The number of ether oxygens (including phenoxy) is 1. The Balaban J connectivity index is 1.83. The summed E-state index contributed by atoms with van der Waals surface area (Å²) in [7, 11) is 0. The topological polar surface area (TPSA) is 46.6 Å². The minimum Gasteiger partial charge on any atom is -0.446 e. The van der Waals surface area contributed by atoms with Gasteiger partial charge >= 0.3 is 6.09 Å². The molecule has 1 heterocycles. The van der Waals surface area contributed by atoms with Crippen LogP contribution in [0.5, 0.6) is 0 Å². The first-order valence-electron chi connectivity index (χ1n) is 7.83. The lowest BCUT2D eigenvalue weighted by atomic mass is 9.96. The molecule has 3 rings (SSSR count). The lowest BCUT2D eigenvalue weighted by Gasteiger charge is -2.25. The third-order valence-electron chi connectivity index (χ3n) is 4.30. The van der Waals surface area contributed by atoms with Crippen molar-refractivity contribution in [1.82, 2.24) is 4.90 Å². The molecule has 2 amide bonds. The molecular formula is C19H18BrNO3. The molecule has 1 saturated heterocycles. The van der Waals surface area contributed by atoms with Crippen molar-refractivity contribution in [2.45, 2.75) is 23.7 Å². The van der Waals surface area contributed by atoms with Crippen molar-refractivity contribution in [2.75, 3.05) is 6.61 Å². The molecule has 5 heteroatoms. The van der Waals surface area contributed by atoms with Gasteiger partial charge in [0.05, 0.1) is 0 Å². The van der Waals surface area contributed by atoms with E-state index in [1.54, 1.807) is 0 Å². The average molecular weight is 388 g/mol. The van der Waals surface area contributed by atoms with Crippen molar-refractivity contribution in [3.63, 3.8) is 0 Å². The summed E-state index contributed by atoms with van der Waals surface area (Å²) in [4.78, 5) is 25.8. The molecule has 0 unspecified atom stereocenters. The van der Waals surface area contributed by atoms with Crippen LogP contribution in [0.1, 0.15) is 30.0 Å². The van der Waals surface area contributed by atoms with E-state index >= 15 is 0 Å². The zero-order valence-electron chi connectivity index (χ0n) is 13.3. The monoisotopic (exact) mass is 387 g/mol. The van der Waals surface area contributed by atoms with Crippen LogP contribution in [0.3, 0.4) is 0 Å². The number of imide groups is 1. The van der Waals surface area contributed by atoms with Crippen LogP contribution in [-0.4, -0.2) is 28.3 Å². The molecule has 0 bridgehead atoms. The van der Waals surface area contributed by atoms with Crippen molar-refractivity contribution < 1.29 is 14.3 Å². The molecule has 124 valence electrons. The van der Waals surface area contributed by atoms with E-state index in [1.807, 2.05) is 67.6 Å². The highest BCUT2D eigenvalue weighted by atomic mass is 79.9. The highest BCUT2D eigenvalue weighted by molar-refractivity contribution is 9.10. The number of amides is 2. The summed E-state index contributed by atoms with van der Waals surface area (Å²) in [6, 6.07) is 18.9. The molecular weight excluding hydrogens is 370 g/mol. The third kappa shape index (κ3) is 3.22. The fraction of sp³-hybridized carbons (Fsp3) is 0.263. The maximum absolute atomic E-state index is 12.9. The summed E-state index contributed by atoms with van der Waals surface area (Å²) in [6.07, 6.45) is -0.585. The Bertz CT molecular complexity index is 720. The summed E-state index contributed by atoms with van der Waals surface area (Å²) < 4.78 is 5.13. The maximum atomic E-state index is 12.9. The molecule has 1 aliphatic rings.